The zero-order valence-electron chi connectivity index (χ0n) is 12.6. The summed E-state index contributed by atoms with van der Waals surface area (Å²) in [5.74, 6) is 0.353. The lowest BCUT2D eigenvalue weighted by atomic mass is 10.1. The fourth-order valence-electron chi connectivity index (χ4n) is 2.90. The molecule has 0 bridgehead atoms. The second-order valence-electron chi connectivity index (χ2n) is 6.03. The molecular weight excluding hydrogens is 255 g/mol. The molecule has 0 amide bonds. The molecule has 1 aromatic rings. The van der Waals surface area contributed by atoms with Gasteiger partial charge in [-0.2, -0.15) is 0 Å². The van der Waals surface area contributed by atoms with Crippen molar-refractivity contribution in [1.82, 2.24) is 4.90 Å². The Hall–Kier alpha value is -1.13. The average molecular weight is 280 g/mol. The normalized spacial score (nSPS) is 18.6. The fourth-order valence-corrected chi connectivity index (χ4v) is 2.90. The van der Waals surface area contributed by atoms with Crippen molar-refractivity contribution in [3.05, 3.63) is 29.6 Å². The Labute approximate surface area is 121 Å². The highest BCUT2D eigenvalue weighted by atomic mass is 19.1. The molecule has 20 heavy (non-hydrogen) atoms. The predicted molar refractivity (Wildman–Crippen MR) is 80.5 cm³/mol. The van der Waals surface area contributed by atoms with Crippen LogP contribution in [0, 0.1) is 11.7 Å². The molecule has 1 aliphatic rings. The summed E-state index contributed by atoms with van der Waals surface area (Å²) in [7, 11) is 0. The number of halogens is 1. The number of hydrogen-bond acceptors (Lipinski definition) is 3. The summed E-state index contributed by atoms with van der Waals surface area (Å²) in [6.07, 6.45) is -0.778. The van der Waals surface area contributed by atoms with Gasteiger partial charge in [-0.15, -0.1) is 0 Å². The van der Waals surface area contributed by atoms with Crippen molar-refractivity contribution in [2.24, 2.45) is 5.92 Å². The first-order valence-electron chi connectivity index (χ1n) is 7.42. The standard InChI is InChI=1S/C16H25FN2O/c1-12(2)11-18-7-9-19(10-8-18)15-6-4-5-14(17)16(15)13(3)20/h4-6,12-13,20H,7-11H2,1-3H3/t13-/m0/s1. The van der Waals surface area contributed by atoms with Gasteiger partial charge in [-0.05, 0) is 25.0 Å². The minimum atomic E-state index is -0.778. The number of anilines is 1. The van der Waals surface area contributed by atoms with Gasteiger partial charge >= 0.3 is 0 Å². The van der Waals surface area contributed by atoms with Crippen LogP contribution in [0.4, 0.5) is 10.1 Å². The van der Waals surface area contributed by atoms with E-state index in [1.807, 2.05) is 6.07 Å². The van der Waals surface area contributed by atoms with Gasteiger partial charge < -0.3 is 10.0 Å². The first-order chi connectivity index (χ1) is 9.49. The molecule has 1 atom stereocenters. The number of nitrogens with zero attached hydrogens (tertiary/aromatic N) is 2. The van der Waals surface area contributed by atoms with Crippen LogP contribution in [0.2, 0.25) is 0 Å². The lowest BCUT2D eigenvalue weighted by Gasteiger charge is -2.38. The zero-order chi connectivity index (χ0) is 14.7. The topological polar surface area (TPSA) is 26.7 Å². The number of hydrogen-bond donors (Lipinski definition) is 1. The molecular formula is C16H25FN2O. The van der Waals surface area contributed by atoms with Gasteiger partial charge in [-0.3, -0.25) is 4.90 Å². The lowest BCUT2D eigenvalue weighted by Crippen LogP contribution is -2.47. The molecule has 1 aromatic carbocycles. The van der Waals surface area contributed by atoms with Gasteiger partial charge in [0, 0.05) is 44.0 Å². The highest BCUT2D eigenvalue weighted by Crippen LogP contribution is 2.29. The van der Waals surface area contributed by atoms with Gasteiger partial charge in [-0.25, -0.2) is 4.39 Å². The maximum Gasteiger partial charge on any atom is 0.131 e. The average Bonchev–Trinajstić information content (AvgIpc) is 2.38. The van der Waals surface area contributed by atoms with Crippen LogP contribution in [0.1, 0.15) is 32.4 Å². The first kappa shape index (κ1) is 15.3. The van der Waals surface area contributed by atoms with Crippen molar-refractivity contribution in [3.63, 3.8) is 0 Å². The smallest absolute Gasteiger partial charge is 0.131 e. The Kier molecular flexibility index (Phi) is 5.00. The molecule has 112 valence electrons. The Morgan fingerprint density at radius 3 is 2.35 bits per heavy atom. The minimum Gasteiger partial charge on any atom is -0.389 e. The third kappa shape index (κ3) is 3.49. The Balaban J connectivity index is 2.09. The number of aliphatic hydroxyl groups excluding tert-OH is 1. The molecule has 1 heterocycles. The lowest BCUT2D eigenvalue weighted by molar-refractivity contribution is 0.193. The van der Waals surface area contributed by atoms with E-state index in [0.29, 0.717) is 11.5 Å². The van der Waals surface area contributed by atoms with Gasteiger partial charge in [0.25, 0.3) is 0 Å². The highest BCUT2D eigenvalue weighted by Gasteiger charge is 2.22. The van der Waals surface area contributed by atoms with E-state index in [4.69, 9.17) is 0 Å². The van der Waals surface area contributed by atoms with E-state index >= 15 is 0 Å². The van der Waals surface area contributed by atoms with Crippen LogP contribution < -0.4 is 4.90 Å². The largest absolute Gasteiger partial charge is 0.389 e. The van der Waals surface area contributed by atoms with Gasteiger partial charge in [0.05, 0.1) is 6.10 Å². The van der Waals surface area contributed by atoms with Crippen LogP contribution in [-0.2, 0) is 0 Å². The predicted octanol–water partition coefficient (Wildman–Crippen LogP) is 2.66. The quantitative estimate of drug-likeness (QED) is 0.918. The molecule has 0 unspecified atom stereocenters. The van der Waals surface area contributed by atoms with E-state index in [-0.39, 0.29) is 5.82 Å². The Bertz CT molecular complexity index is 440. The van der Waals surface area contributed by atoms with Crippen LogP contribution in [0.5, 0.6) is 0 Å². The van der Waals surface area contributed by atoms with Crippen LogP contribution in [0.3, 0.4) is 0 Å². The van der Waals surface area contributed by atoms with Crippen molar-refractivity contribution in [1.29, 1.82) is 0 Å². The molecule has 2 rings (SSSR count). The van der Waals surface area contributed by atoms with Crippen molar-refractivity contribution in [2.75, 3.05) is 37.6 Å². The van der Waals surface area contributed by atoms with Crippen LogP contribution in [0.25, 0.3) is 0 Å². The van der Waals surface area contributed by atoms with E-state index < -0.39 is 6.10 Å². The van der Waals surface area contributed by atoms with E-state index in [1.54, 1.807) is 13.0 Å². The summed E-state index contributed by atoms with van der Waals surface area (Å²) in [6.45, 7) is 10.9. The maximum atomic E-state index is 13.9. The number of benzene rings is 1. The second-order valence-corrected chi connectivity index (χ2v) is 6.03. The summed E-state index contributed by atoms with van der Waals surface area (Å²) < 4.78 is 13.9. The maximum absolute atomic E-state index is 13.9. The van der Waals surface area contributed by atoms with Crippen LogP contribution in [-0.4, -0.2) is 42.7 Å². The second kappa shape index (κ2) is 6.55. The van der Waals surface area contributed by atoms with Gasteiger partial charge in [0.15, 0.2) is 0 Å². The molecule has 3 nitrogen and oxygen atoms in total. The monoisotopic (exact) mass is 280 g/mol. The molecule has 0 saturated carbocycles. The molecule has 0 aromatic heterocycles. The SMILES string of the molecule is CC(C)CN1CCN(c2cccc(F)c2[C@H](C)O)CC1. The van der Waals surface area contributed by atoms with Gasteiger partial charge in [0.1, 0.15) is 5.82 Å². The molecule has 0 spiro atoms. The number of rotatable bonds is 4. The van der Waals surface area contributed by atoms with Crippen molar-refractivity contribution in [3.8, 4) is 0 Å². The highest BCUT2D eigenvalue weighted by molar-refractivity contribution is 5.55. The molecule has 1 N–H and O–H groups in total. The van der Waals surface area contributed by atoms with E-state index in [2.05, 4.69) is 23.6 Å². The van der Waals surface area contributed by atoms with Gasteiger partial charge in [-0.1, -0.05) is 19.9 Å². The number of aliphatic hydroxyl groups is 1. The summed E-state index contributed by atoms with van der Waals surface area (Å²) in [5, 5.41) is 9.81. The molecule has 4 heteroatoms. The third-order valence-corrected chi connectivity index (χ3v) is 3.78. The van der Waals surface area contributed by atoms with E-state index in [0.717, 1.165) is 38.4 Å². The van der Waals surface area contributed by atoms with E-state index in [1.165, 1.54) is 6.07 Å². The first-order valence-corrected chi connectivity index (χ1v) is 7.42. The molecule has 0 radical (unpaired) electrons. The van der Waals surface area contributed by atoms with Crippen molar-refractivity contribution >= 4 is 5.69 Å². The van der Waals surface area contributed by atoms with Crippen molar-refractivity contribution < 1.29 is 9.50 Å². The molecule has 1 aliphatic heterocycles. The molecule has 1 saturated heterocycles. The van der Waals surface area contributed by atoms with Crippen LogP contribution in [0.15, 0.2) is 18.2 Å². The Morgan fingerprint density at radius 1 is 1.15 bits per heavy atom. The summed E-state index contributed by atoms with van der Waals surface area (Å²) in [5.41, 5.74) is 1.26. The molecule has 0 aliphatic carbocycles. The zero-order valence-corrected chi connectivity index (χ0v) is 12.6. The van der Waals surface area contributed by atoms with Crippen LogP contribution >= 0.6 is 0 Å². The minimum absolute atomic E-state index is 0.317. The summed E-state index contributed by atoms with van der Waals surface area (Å²) in [4.78, 5) is 4.63. The fraction of sp³-hybridized carbons (Fsp3) is 0.625. The van der Waals surface area contributed by atoms with Gasteiger partial charge in [0.2, 0.25) is 0 Å². The third-order valence-electron chi connectivity index (χ3n) is 3.78. The molecule has 1 fully saturated rings. The summed E-state index contributed by atoms with van der Waals surface area (Å²) >= 11 is 0. The van der Waals surface area contributed by atoms with E-state index in [9.17, 15) is 9.50 Å². The Morgan fingerprint density at radius 2 is 1.80 bits per heavy atom. The van der Waals surface area contributed by atoms with Crippen molar-refractivity contribution in [2.45, 2.75) is 26.9 Å². The number of piperazine rings is 1. The summed E-state index contributed by atoms with van der Waals surface area (Å²) in [6, 6.07) is 5.04.